The highest BCUT2D eigenvalue weighted by molar-refractivity contribution is 7.90. The van der Waals surface area contributed by atoms with Crippen molar-refractivity contribution in [1.82, 2.24) is 9.62 Å². The molecule has 0 aliphatic rings. The second kappa shape index (κ2) is 13.0. The van der Waals surface area contributed by atoms with Gasteiger partial charge in [-0.15, -0.1) is 0 Å². The van der Waals surface area contributed by atoms with E-state index in [1.165, 1.54) is 12.1 Å². The van der Waals surface area contributed by atoms with Crippen molar-refractivity contribution in [3.8, 4) is 0 Å². The fourth-order valence-electron chi connectivity index (χ4n) is 3.89. The van der Waals surface area contributed by atoms with Crippen LogP contribution in [0.2, 0.25) is 0 Å². The highest BCUT2D eigenvalue weighted by atomic mass is 32.2. The van der Waals surface area contributed by atoms with Crippen molar-refractivity contribution in [1.29, 1.82) is 0 Å². The quantitative estimate of drug-likeness (QED) is 0.0890. The number of aliphatic hydroxyl groups is 1. The van der Waals surface area contributed by atoms with Crippen molar-refractivity contribution >= 4 is 50.2 Å². The van der Waals surface area contributed by atoms with Crippen LogP contribution < -0.4 is 33.2 Å². The van der Waals surface area contributed by atoms with Crippen LogP contribution >= 0.6 is 0 Å². The van der Waals surface area contributed by atoms with Crippen LogP contribution in [0.4, 0.5) is 5.69 Å². The summed E-state index contributed by atoms with van der Waals surface area (Å²) in [7, 11) is -1.20. The molecule has 0 fully saturated rings. The summed E-state index contributed by atoms with van der Waals surface area (Å²) in [6.45, 7) is -1.46. The third kappa shape index (κ3) is 6.87. The summed E-state index contributed by atoms with van der Waals surface area (Å²) in [6.07, 6.45) is -0.141. The SMILES string of the molecule is CN(C)c1cccc2c(S(=O)(=O)N(C(=O)[C@H](CO)NC(=O)CN)[C@@H](CCCN=C(N)N)C(N)=O)cccc12. The first kappa shape index (κ1) is 30.3. The largest absolute Gasteiger partial charge is 0.394 e. The zero-order chi connectivity index (χ0) is 28.6. The number of rotatable bonds is 13. The summed E-state index contributed by atoms with van der Waals surface area (Å²) in [5, 5.41) is 12.9. The van der Waals surface area contributed by atoms with E-state index in [9.17, 15) is 27.9 Å². The maximum Gasteiger partial charge on any atom is 0.267 e. The number of nitrogens with one attached hydrogen (secondary N) is 1. The molecule has 208 valence electrons. The van der Waals surface area contributed by atoms with Gasteiger partial charge in [-0.1, -0.05) is 24.3 Å². The molecule has 0 radical (unpaired) electrons. The summed E-state index contributed by atoms with van der Waals surface area (Å²) >= 11 is 0. The number of nitrogens with two attached hydrogens (primary N) is 4. The molecule has 15 heteroatoms. The molecule has 2 aromatic carbocycles. The van der Waals surface area contributed by atoms with Crippen LogP contribution in [0.1, 0.15) is 12.8 Å². The number of guanidine groups is 1. The Kier molecular flexibility index (Phi) is 10.4. The van der Waals surface area contributed by atoms with Crippen molar-refractivity contribution in [3.05, 3.63) is 36.4 Å². The number of aliphatic hydroxyl groups excluding tert-OH is 1. The van der Waals surface area contributed by atoms with Crippen molar-refractivity contribution in [2.24, 2.45) is 27.9 Å². The van der Waals surface area contributed by atoms with Gasteiger partial charge in [0, 0.05) is 37.1 Å². The highest BCUT2D eigenvalue weighted by Gasteiger charge is 2.42. The number of anilines is 1. The van der Waals surface area contributed by atoms with Crippen LogP contribution in [-0.2, 0) is 24.4 Å². The number of hydrogen-bond acceptors (Lipinski definition) is 9. The molecule has 38 heavy (non-hydrogen) atoms. The van der Waals surface area contributed by atoms with Gasteiger partial charge in [0.25, 0.3) is 15.9 Å². The molecule has 0 saturated carbocycles. The molecule has 0 spiro atoms. The molecule has 10 N–H and O–H groups in total. The number of hydrogen-bond donors (Lipinski definition) is 6. The Morgan fingerprint density at radius 2 is 1.68 bits per heavy atom. The zero-order valence-corrected chi connectivity index (χ0v) is 22.0. The van der Waals surface area contributed by atoms with E-state index >= 15 is 0 Å². The van der Waals surface area contributed by atoms with Gasteiger partial charge in [0.15, 0.2) is 5.96 Å². The number of primary amides is 1. The predicted octanol–water partition coefficient (Wildman–Crippen LogP) is -2.23. The van der Waals surface area contributed by atoms with Gasteiger partial charge in [-0.2, -0.15) is 0 Å². The lowest BCUT2D eigenvalue weighted by molar-refractivity contribution is -0.138. The van der Waals surface area contributed by atoms with Gasteiger partial charge < -0.3 is 38.3 Å². The highest BCUT2D eigenvalue weighted by Crippen LogP contribution is 2.33. The minimum Gasteiger partial charge on any atom is -0.394 e. The number of fused-ring (bicyclic) bond motifs is 1. The number of carbonyl (C=O) groups excluding carboxylic acids is 3. The molecule has 2 aromatic rings. The molecule has 0 heterocycles. The van der Waals surface area contributed by atoms with Gasteiger partial charge in [0.1, 0.15) is 12.1 Å². The average molecular weight is 551 g/mol. The van der Waals surface area contributed by atoms with E-state index < -0.39 is 53.0 Å². The van der Waals surface area contributed by atoms with E-state index in [1.807, 2.05) is 0 Å². The molecular formula is C23H34N8O6S. The number of amides is 3. The summed E-state index contributed by atoms with van der Waals surface area (Å²) < 4.78 is 28.6. The number of sulfonamides is 1. The topological polar surface area (TPSA) is 241 Å². The third-order valence-electron chi connectivity index (χ3n) is 5.64. The third-order valence-corrected chi connectivity index (χ3v) is 7.50. The fraction of sp³-hybridized carbons (Fsp3) is 0.391. The van der Waals surface area contributed by atoms with Gasteiger partial charge in [0.05, 0.1) is 18.0 Å². The summed E-state index contributed by atoms with van der Waals surface area (Å²) in [5.41, 5.74) is 22.2. The fourth-order valence-corrected chi connectivity index (χ4v) is 5.71. The monoisotopic (exact) mass is 550 g/mol. The zero-order valence-electron chi connectivity index (χ0n) is 21.2. The first-order valence-corrected chi connectivity index (χ1v) is 13.0. The molecule has 0 bridgehead atoms. The first-order chi connectivity index (χ1) is 17.9. The van der Waals surface area contributed by atoms with E-state index in [2.05, 4.69) is 10.3 Å². The lowest BCUT2D eigenvalue weighted by atomic mass is 10.1. The maximum atomic E-state index is 14.1. The Morgan fingerprint density at radius 1 is 1.05 bits per heavy atom. The van der Waals surface area contributed by atoms with Gasteiger partial charge in [0.2, 0.25) is 11.8 Å². The van der Waals surface area contributed by atoms with Crippen molar-refractivity contribution in [2.75, 3.05) is 38.7 Å². The first-order valence-electron chi connectivity index (χ1n) is 11.6. The molecule has 2 rings (SSSR count). The van der Waals surface area contributed by atoms with Gasteiger partial charge in [-0.05, 0) is 25.0 Å². The van der Waals surface area contributed by atoms with E-state index in [0.717, 1.165) is 0 Å². The molecule has 2 atom stereocenters. The molecule has 14 nitrogen and oxygen atoms in total. The van der Waals surface area contributed by atoms with Crippen molar-refractivity contribution in [3.63, 3.8) is 0 Å². The van der Waals surface area contributed by atoms with Gasteiger partial charge in [-0.25, -0.2) is 12.7 Å². The predicted molar refractivity (Wildman–Crippen MR) is 143 cm³/mol. The Hall–Kier alpha value is -3.95. The molecule has 0 saturated heterocycles. The van der Waals surface area contributed by atoms with Crippen LogP contribution in [0.25, 0.3) is 10.8 Å². The van der Waals surface area contributed by atoms with E-state index in [0.29, 0.717) is 15.4 Å². The average Bonchev–Trinajstić information content (AvgIpc) is 2.87. The lowest BCUT2D eigenvalue weighted by Gasteiger charge is -2.32. The second-order valence-corrected chi connectivity index (χ2v) is 10.3. The number of aliphatic imine (C=N–C) groups is 1. The number of carbonyl (C=O) groups is 3. The summed E-state index contributed by atoms with van der Waals surface area (Å²) in [4.78, 5) is 43.3. The number of benzene rings is 2. The maximum absolute atomic E-state index is 14.1. The van der Waals surface area contributed by atoms with Crippen LogP contribution in [0.5, 0.6) is 0 Å². The number of nitrogens with zero attached hydrogens (tertiary/aromatic N) is 3. The smallest absolute Gasteiger partial charge is 0.267 e. The van der Waals surface area contributed by atoms with Crippen LogP contribution in [0, 0.1) is 0 Å². The Bertz CT molecular complexity index is 1310. The molecule has 0 aliphatic carbocycles. The minimum atomic E-state index is -4.78. The molecule has 0 aliphatic heterocycles. The van der Waals surface area contributed by atoms with Gasteiger partial charge >= 0.3 is 0 Å². The minimum absolute atomic E-state index is 0.0298. The van der Waals surface area contributed by atoms with Crippen LogP contribution in [-0.4, -0.2) is 87.4 Å². The van der Waals surface area contributed by atoms with E-state index in [-0.39, 0.29) is 35.6 Å². The molecule has 0 aromatic heterocycles. The summed E-state index contributed by atoms with van der Waals surface area (Å²) in [6, 6.07) is 6.13. The Balaban J connectivity index is 2.73. The Morgan fingerprint density at radius 3 is 2.24 bits per heavy atom. The van der Waals surface area contributed by atoms with Crippen molar-refractivity contribution < 1.29 is 27.9 Å². The van der Waals surface area contributed by atoms with E-state index in [4.69, 9.17) is 22.9 Å². The second-order valence-electron chi connectivity index (χ2n) is 8.54. The van der Waals surface area contributed by atoms with Gasteiger partial charge in [-0.3, -0.25) is 19.4 Å². The van der Waals surface area contributed by atoms with Crippen LogP contribution in [0.15, 0.2) is 46.3 Å². The lowest BCUT2D eigenvalue weighted by Crippen LogP contribution is -2.58. The molecular weight excluding hydrogens is 516 g/mol. The van der Waals surface area contributed by atoms with Crippen molar-refractivity contribution in [2.45, 2.75) is 29.8 Å². The Labute approximate surface area is 220 Å². The van der Waals surface area contributed by atoms with Crippen LogP contribution in [0.3, 0.4) is 0 Å². The molecule has 0 unspecified atom stereocenters. The normalized spacial score (nSPS) is 12.8. The summed E-state index contributed by atoms with van der Waals surface area (Å²) in [5.74, 6) is -3.42. The van der Waals surface area contributed by atoms with E-state index in [1.54, 1.807) is 43.3 Å². The standard InChI is InChI=1S/C23H34N8O6S/c1-30(2)17-8-3-7-15-14(17)6-4-10-19(15)38(36,37)31(22(35)16(13-32)29-20(33)12-24)18(21(25)34)9-5-11-28-23(26)27/h3-4,6-8,10,16,18,32H,5,9,11-13,24H2,1-2H3,(H2,25,34)(H,29,33)(H4,26,27,28)/t16-,18-/m0/s1. The molecule has 3 amide bonds.